The predicted octanol–water partition coefficient (Wildman–Crippen LogP) is 4.04. The van der Waals surface area contributed by atoms with E-state index in [0.29, 0.717) is 23.0 Å². The zero-order valence-electron chi connectivity index (χ0n) is 17.4. The second-order valence-corrected chi connectivity index (χ2v) is 7.65. The number of nitro groups is 1. The smallest absolute Gasteiger partial charge is 0.374 e. The van der Waals surface area contributed by atoms with Gasteiger partial charge < -0.3 is 24.3 Å². The molecular formula is C22H22N4O5S. The monoisotopic (exact) mass is 454 g/mol. The van der Waals surface area contributed by atoms with Crippen LogP contribution in [0, 0.1) is 10.1 Å². The van der Waals surface area contributed by atoms with Gasteiger partial charge in [-0.05, 0) is 55.5 Å². The van der Waals surface area contributed by atoms with E-state index in [1.54, 1.807) is 25.1 Å². The Bertz CT molecular complexity index is 1150. The molecule has 1 saturated heterocycles. The van der Waals surface area contributed by atoms with Crippen LogP contribution in [0.4, 0.5) is 17.1 Å². The van der Waals surface area contributed by atoms with Gasteiger partial charge in [-0.25, -0.2) is 4.79 Å². The number of hydrogen-bond acceptors (Lipinski definition) is 7. The van der Waals surface area contributed by atoms with Crippen LogP contribution in [0.1, 0.15) is 17.5 Å². The molecule has 0 amide bonds. The molecule has 32 heavy (non-hydrogen) atoms. The minimum absolute atomic E-state index is 0.0408. The lowest BCUT2D eigenvalue weighted by Crippen LogP contribution is -2.50. The van der Waals surface area contributed by atoms with Crippen LogP contribution in [-0.2, 0) is 4.74 Å². The van der Waals surface area contributed by atoms with E-state index in [0.717, 1.165) is 37.3 Å². The number of benzene rings is 2. The van der Waals surface area contributed by atoms with Crippen molar-refractivity contribution in [1.29, 1.82) is 0 Å². The fraction of sp³-hybridized carbons (Fsp3) is 0.273. The molecule has 1 aromatic heterocycles. The first-order valence-corrected chi connectivity index (χ1v) is 10.6. The molecule has 9 nitrogen and oxygen atoms in total. The first-order chi connectivity index (χ1) is 15.4. The molecule has 2 aromatic carbocycles. The van der Waals surface area contributed by atoms with Gasteiger partial charge >= 0.3 is 5.97 Å². The third-order valence-electron chi connectivity index (χ3n) is 5.24. The Balaban J connectivity index is 1.36. The summed E-state index contributed by atoms with van der Waals surface area (Å²) in [5.41, 5.74) is 2.44. The molecule has 1 fully saturated rings. The third kappa shape index (κ3) is 4.65. The lowest BCUT2D eigenvalue weighted by atomic mass is 10.2. The summed E-state index contributed by atoms with van der Waals surface area (Å²) in [6, 6.07) is 13.7. The quantitative estimate of drug-likeness (QED) is 0.265. The summed E-state index contributed by atoms with van der Waals surface area (Å²) < 4.78 is 10.6. The van der Waals surface area contributed by atoms with Gasteiger partial charge in [-0.15, -0.1) is 0 Å². The predicted molar refractivity (Wildman–Crippen MR) is 125 cm³/mol. The molecule has 0 radical (unpaired) electrons. The average molecular weight is 455 g/mol. The van der Waals surface area contributed by atoms with Gasteiger partial charge in [-0.1, -0.05) is 0 Å². The molecule has 0 bridgehead atoms. The number of ether oxygens (including phenoxy) is 1. The van der Waals surface area contributed by atoms with Crippen molar-refractivity contribution >= 4 is 51.3 Å². The topological polar surface area (TPSA) is 101 Å². The van der Waals surface area contributed by atoms with E-state index in [1.807, 2.05) is 18.2 Å². The Labute approximate surface area is 189 Å². The first kappa shape index (κ1) is 21.6. The molecule has 3 aromatic rings. The van der Waals surface area contributed by atoms with E-state index < -0.39 is 10.9 Å². The highest BCUT2D eigenvalue weighted by atomic mass is 32.1. The van der Waals surface area contributed by atoms with Gasteiger partial charge in [0.25, 0.3) is 5.69 Å². The zero-order valence-corrected chi connectivity index (χ0v) is 18.3. The van der Waals surface area contributed by atoms with Crippen LogP contribution < -0.4 is 10.2 Å². The molecule has 2 heterocycles. The highest BCUT2D eigenvalue weighted by Gasteiger charge is 2.21. The number of rotatable bonds is 5. The van der Waals surface area contributed by atoms with Crippen LogP contribution in [0.5, 0.6) is 0 Å². The van der Waals surface area contributed by atoms with Gasteiger partial charge in [-0.2, -0.15) is 0 Å². The largest absolute Gasteiger partial charge is 0.460 e. The van der Waals surface area contributed by atoms with Gasteiger partial charge in [-0.3, -0.25) is 10.1 Å². The maximum absolute atomic E-state index is 11.9. The molecule has 0 aliphatic carbocycles. The van der Waals surface area contributed by atoms with E-state index >= 15 is 0 Å². The van der Waals surface area contributed by atoms with Gasteiger partial charge in [0.15, 0.2) is 5.11 Å². The molecule has 166 valence electrons. The number of nitrogens with zero attached hydrogens (tertiary/aromatic N) is 3. The molecule has 10 heteroatoms. The Hall–Kier alpha value is -3.66. The molecule has 1 aliphatic heterocycles. The second kappa shape index (κ2) is 9.23. The van der Waals surface area contributed by atoms with Crippen LogP contribution in [0.25, 0.3) is 11.0 Å². The number of hydrogen-bond donors (Lipinski definition) is 1. The van der Waals surface area contributed by atoms with Crippen molar-refractivity contribution in [1.82, 2.24) is 4.90 Å². The number of thiocarbonyl (C=S) groups is 1. The zero-order chi connectivity index (χ0) is 22.7. The minimum atomic E-state index is -0.465. The van der Waals surface area contributed by atoms with E-state index in [4.69, 9.17) is 21.4 Å². The number of non-ortho nitro benzene ring substituents is 1. The fourth-order valence-electron chi connectivity index (χ4n) is 3.57. The molecule has 0 spiro atoms. The number of nitro benzene ring substituents is 1. The summed E-state index contributed by atoms with van der Waals surface area (Å²) in [6.07, 6.45) is 0. The molecule has 1 aliphatic rings. The summed E-state index contributed by atoms with van der Waals surface area (Å²) in [6.45, 7) is 5.07. The lowest BCUT2D eigenvalue weighted by molar-refractivity contribution is -0.384. The first-order valence-electron chi connectivity index (χ1n) is 10.2. The van der Waals surface area contributed by atoms with Crippen molar-refractivity contribution in [2.75, 3.05) is 43.0 Å². The summed E-state index contributed by atoms with van der Waals surface area (Å²) in [4.78, 5) is 26.6. The third-order valence-corrected chi connectivity index (χ3v) is 5.60. The number of furan rings is 1. The molecule has 0 unspecified atom stereocenters. The van der Waals surface area contributed by atoms with Crippen LogP contribution in [-0.4, -0.2) is 53.7 Å². The maximum atomic E-state index is 11.9. The average Bonchev–Trinajstić information content (AvgIpc) is 3.23. The van der Waals surface area contributed by atoms with Gasteiger partial charge in [0, 0.05) is 55.1 Å². The van der Waals surface area contributed by atoms with Crippen molar-refractivity contribution in [3.05, 3.63) is 64.4 Å². The fourth-order valence-corrected chi connectivity index (χ4v) is 3.87. The SMILES string of the molecule is CCOC(=O)c1cc2cc(N3CCN(C(=S)Nc4ccc([N+](=O)[O-])cc4)CC3)ccc2o1. The Kier molecular flexibility index (Phi) is 6.22. The number of carbonyl (C=O) groups is 1. The van der Waals surface area contributed by atoms with Crippen LogP contribution in [0.15, 0.2) is 52.9 Å². The Morgan fingerprint density at radius 1 is 1.16 bits per heavy atom. The van der Waals surface area contributed by atoms with E-state index in [2.05, 4.69) is 15.1 Å². The van der Waals surface area contributed by atoms with Crippen molar-refractivity contribution in [3.8, 4) is 0 Å². The highest BCUT2D eigenvalue weighted by Crippen LogP contribution is 2.26. The van der Waals surface area contributed by atoms with E-state index in [1.165, 1.54) is 12.1 Å². The van der Waals surface area contributed by atoms with Crippen molar-refractivity contribution < 1.29 is 18.9 Å². The number of nitrogens with one attached hydrogen (secondary N) is 1. The standard InChI is InChI=1S/C22H22N4O5S/c1-2-30-21(27)20-14-15-13-18(7-8-19(15)31-20)24-9-11-25(12-10-24)22(32)23-16-3-5-17(6-4-16)26(28)29/h3-8,13-14H,2,9-12H2,1H3,(H,23,32). The van der Waals surface area contributed by atoms with E-state index in [-0.39, 0.29) is 11.4 Å². The van der Waals surface area contributed by atoms with Gasteiger partial charge in [0.05, 0.1) is 11.5 Å². The summed E-state index contributed by atoms with van der Waals surface area (Å²) >= 11 is 5.51. The molecular weight excluding hydrogens is 432 g/mol. The Morgan fingerprint density at radius 3 is 2.53 bits per heavy atom. The van der Waals surface area contributed by atoms with Crippen molar-refractivity contribution in [2.24, 2.45) is 0 Å². The van der Waals surface area contributed by atoms with Gasteiger partial charge in [0.2, 0.25) is 5.76 Å². The van der Waals surface area contributed by atoms with Crippen molar-refractivity contribution in [2.45, 2.75) is 6.92 Å². The second-order valence-electron chi connectivity index (χ2n) is 7.26. The summed E-state index contributed by atoms with van der Waals surface area (Å²) in [7, 11) is 0. The Morgan fingerprint density at radius 2 is 1.88 bits per heavy atom. The number of carbonyl (C=O) groups excluding carboxylic acids is 1. The molecule has 0 atom stereocenters. The van der Waals surface area contributed by atoms with Crippen LogP contribution in [0.3, 0.4) is 0 Å². The number of esters is 1. The summed E-state index contributed by atoms with van der Waals surface area (Å²) in [5.74, 6) is -0.264. The summed E-state index contributed by atoms with van der Waals surface area (Å²) in [5, 5.41) is 15.4. The van der Waals surface area contributed by atoms with E-state index in [9.17, 15) is 14.9 Å². The van der Waals surface area contributed by atoms with Crippen LogP contribution in [0.2, 0.25) is 0 Å². The van der Waals surface area contributed by atoms with Gasteiger partial charge in [0.1, 0.15) is 5.58 Å². The number of piperazine rings is 1. The minimum Gasteiger partial charge on any atom is -0.460 e. The molecule has 1 N–H and O–H groups in total. The lowest BCUT2D eigenvalue weighted by Gasteiger charge is -2.37. The van der Waals surface area contributed by atoms with Crippen LogP contribution >= 0.6 is 12.2 Å². The normalized spacial score (nSPS) is 13.8. The number of anilines is 2. The highest BCUT2D eigenvalue weighted by molar-refractivity contribution is 7.80. The number of fused-ring (bicyclic) bond motifs is 1. The molecule has 4 rings (SSSR count). The molecule has 0 saturated carbocycles. The maximum Gasteiger partial charge on any atom is 0.374 e. The van der Waals surface area contributed by atoms with Crippen molar-refractivity contribution in [3.63, 3.8) is 0 Å².